The number of aliphatic hydroxyl groups is 1. The van der Waals surface area contributed by atoms with Gasteiger partial charge in [0, 0.05) is 24.0 Å². The van der Waals surface area contributed by atoms with Crippen LogP contribution in [-0.4, -0.2) is 55.2 Å². The molecule has 1 aliphatic heterocycles. The van der Waals surface area contributed by atoms with Gasteiger partial charge in [-0.05, 0) is 24.6 Å². The maximum Gasteiger partial charge on any atom is 0.322 e. The van der Waals surface area contributed by atoms with Crippen molar-refractivity contribution in [2.75, 3.05) is 18.4 Å². The third-order valence-corrected chi connectivity index (χ3v) is 4.57. The van der Waals surface area contributed by atoms with Gasteiger partial charge in [0.2, 0.25) is 5.89 Å². The number of oxazole rings is 1. The molecule has 0 spiro atoms. The molecule has 0 bridgehead atoms. The number of carbonyl (C=O) groups is 1. The van der Waals surface area contributed by atoms with Crippen LogP contribution in [0.5, 0.6) is 0 Å². The highest BCUT2D eigenvalue weighted by Gasteiger charge is 2.36. The number of hydrogen-bond donors (Lipinski definition) is 2. The Morgan fingerprint density at radius 2 is 2.23 bits per heavy atom. The fraction of sp³-hybridized carbons (Fsp3) is 0.294. The number of benzene rings is 1. The van der Waals surface area contributed by atoms with Crippen LogP contribution in [0.25, 0.3) is 11.5 Å². The molecule has 2 N–H and O–H groups in total. The van der Waals surface area contributed by atoms with Crippen molar-refractivity contribution in [3.8, 4) is 11.5 Å². The van der Waals surface area contributed by atoms with Gasteiger partial charge in [-0.15, -0.1) is 5.10 Å². The molecular formula is C17H18N6O3. The molecule has 3 aromatic rings. The Hall–Kier alpha value is -3.20. The summed E-state index contributed by atoms with van der Waals surface area (Å²) >= 11 is 0. The second-order valence-corrected chi connectivity index (χ2v) is 6.17. The minimum absolute atomic E-state index is 0.231. The zero-order valence-corrected chi connectivity index (χ0v) is 14.1. The van der Waals surface area contributed by atoms with Crippen LogP contribution in [0, 0.1) is 6.92 Å². The van der Waals surface area contributed by atoms with Crippen LogP contribution < -0.4 is 5.32 Å². The SMILES string of the molecule is Cc1c(NC(=O)N2C[C@@H](O)[C@H](n3ccnn3)C2)cccc1-c1ncco1. The van der Waals surface area contributed by atoms with Gasteiger partial charge in [0.25, 0.3) is 0 Å². The lowest BCUT2D eigenvalue weighted by Gasteiger charge is -2.18. The number of rotatable bonds is 3. The van der Waals surface area contributed by atoms with Crippen molar-refractivity contribution in [3.05, 3.63) is 48.6 Å². The molecule has 0 aliphatic carbocycles. The van der Waals surface area contributed by atoms with Crippen LogP contribution in [0.3, 0.4) is 0 Å². The summed E-state index contributed by atoms with van der Waals surface area (Å²) in [5.41, 5.74) is 2.34. The van der Waals surface area contributed by atoms with Crippen LogP contribution in [0.1, 0.15) is 11.6 Å². The van der Waals surface area contributed by atoms with Gasteiger partial charge in [-0.1, -0.05) is 11.3 Å². The van der Waals surface area contributed by atoms with Crippen molar-refractivity contribution in [1.82, 2.24) is 24.9 Å². The smallest absolute Gasteiger partial charge is 0.322 e. The number of aliphatic hydroxyl groups excluding tert-OH is 1. The van der Waals surface area contributed by atoms with Crippen molar-refractivity contribution >= 4 is 11.7 Å². The molecule has 2 aromatic heterocycles. The third-order valence-electron chi connectivity index (χ3n) is 4.57. The monoisotopic (exact) mass is 354 g/mol. The average molecular weight is 354 g/mol. The maximum absolute atomic E-state index is 12.6. The second kappa shape index (κ2) is 6.60. The molecule has 1 fully saturated rings. The maximum atomic E-state index is 12.6. The van der Waals surface area contributed by atoms with Crippen LogP contribution in [0.2, 0.25) is 0 Å². The van der Waals surface area contributed by atoms with Crippen molar-refractivity contribution in [2.45, 2.75) is 19.1 Å². The average Bonchev–Trinajstić information content (AvgIpc) is 3.37. The number of carbonyl (C=O) groups excluding carboxylic acids is 1. The van der Waals surface area contributed by atoms with E-state index in [0.29, 0.717) is 18.1 Å². The quantitative estimate of drug-likeness (QED) is 0.741. The summed E-state index contributed by atoms with van der Waals surface area (Å²) in [6, 6.07) is 4.96. The van der Waals surface area contributed by atoms with Crippen LogP contribution in [0.4, 0.5) is 10.5 Å². The number of hydrogen-bond acceptors (Lipinski definition) is 6. The first-order chi connectivity index (χ1) is 12.6. The minimum Gasteiger partial charge on any atom is -0.445 e. The molecule has 1 aliphatic rings. The molecule has 3 heterocycles. The largest absolute Gasteiger partial charge is 0.445 e. The zero-order chi connectivity index (χ0) is 18.1. The molecule has 0 unspecified atom stereocenters. The van der Waals surface area contributed by atoms with Gasteiger partial charge in [0.05, 0.1) is 31.1 Å². The fourth-order valence-electron chi connectivity index (χ4n) is 3.14. The van der Waals surface area contributed by atoms with Gasteiger partial charge >= 0.3 is 6.03 Å². The van der Waals surface area contributed by atoms with E-state index in [1.807, 2.05) is 25.1 Å². The lowest BCUT2D eigenvalue weighted by Crippen LogP contribution is -2.34. The van der Waals surface area contributed by atoms with Crippen LogP contribution in [-0.2, 0) is 0 Å². The topological polar surface area (TPSA) is 109 Å². The summed E-state index contributed by atoms with van der Waals surface area (Å²) in [6.07, 6.45) is 5.63. The van der Waals surface area contributed by atoms with Crippen LogP contribution in [0.15, 0.2) is 47.5 Å². The zero-order valence-electron chi connectivity index (χ0n) is 14.1. The Labute approximate surface area is 149 Å². The predicted octanol–water partition coefficient (Wildman–Crippen LogP) is 1.69. The Kier molecular flexibility index (Phi) is 4.13. The van der Waals surface area contributed by atoms with Gasteiger partial charge in [-0.2, -0.15) is 0 Å². The Bertz CT molecular complexity index is 893. The molecule has 2 atom stereocenters. The predicted molar refractivity (Wildman–Crippen MR) is 92.3 cm³/mol. The first kappa shape index (κ1) is 16.3. The minimum atomic E-state index is -0.692. The lowest BCUT2D eigenvalue weighted by atomic mass is 10.1. The molecule has 0 saturated carbocycles. The molecule has 1 aromatic carbocycles. The van der Waals surface area contributed by atoms with Gasteiger partial charge in [0.15, 0.2) is 0 Å². The molecule has 26 heavy (non-hydrogen) atoms. The highest BCUT2D eigenvalue weighted by atomic mass is 16.3. The normalized spacial score (nSPS) is 19.7. The Balaban J connectivity index is 1.50. The van der Waals surface area contributed by atoms with E-state index in [1.54, 1.807) is 28.2 Å². The van der Waals surface area contributed by atoms with Gasteiger partial charge in [-0.25, -0.2) is 14.5 Å². The number of anilines is 1. The summed E-state index contributed by atoms with van der Waals surface area (Å²) in [6.45, 7) is 2.48. The lowest BCUT2D eigenvalue weighted by molar-refractivity contribution is 0.139. The molecule has 2 amide bonds. The van der Waals surface area contributed by atoms with E-state index in [2.05, 4.69) is 20.6 Å². The highest BCUT2D eigenvalue weighted by molar-refractivity contribution is 5.91. The van der Waals surface area contributed by atoms with Gasteiger partial charge in [0.1, 0.15) is 6.26 Å². The van der Waals surface area contributed by atoms with E-state index < -0.39 is 6.10 Å². The van der Waals surface area contributed by atoms with Crippen molar-refractivity contribution < 1.29 is 14.3 Å². The molecule has 9 heteroatoms. The number of β-amino-alcohol motifs (C(OH)–C–C–N with tert-alkyl or cyclic N) is 1. The molecular weight excluding hydrogens is 336 g/mol. The highest BCUT2D eigenvalue weighted by Crippen LogP contribution is 2.28. The third kappa shape index (κ3) is 2.93. The molecule has 0 radical (unpaired) electrons. The van der Waals surface area contributed by atoms with E-state index in [0.717, 1.165) is 11.1 Å². The van der Waals surface area contributed by atoms with Crippen molar-refractivity contribution in [2.24, 2.45) is 0 Å². The Morgan fingerprint density at radius 1 is 1.35 bits per heavy atom. The number of likely N-dealkylation sites (tertiary alicyclic amines) is 1. The molecule has 9 nitrogen and oxygen atoms in total. The van der Waals surface area contributed by atoms with E-state index >= 15 is 0 Å². The van der Waals surface area contributed by atoms with Gasteiger partial charge in [-0.3, -0.25) is 0 Å². The molecule has 4 rings (SSSR count). The first-order valence-corrected chi connectivity index (χ1v) is 8.23. The summed E-state index contributed by atoms with van der Waals surface area (Å²) in [5.74, 6) is 0.501. The Morgan fingerprint density at radius 3 is 2.96 bits per heavy atom. The number of amides is 2. The summed E-state index contributed by atoms with van der Waals surface area (Å²) < 4.78 is 6.92. The number of nitrogens with one attached hydrogen (secondary N) is 1. The van der Waals surface area contributed by atoms with E-state index in [-0.39, 0.29) is 18.6 Å². The molecule has 134 valence electrons. The number of aromatic nitrogens is 4. The fourth-order valence-corrected chi connectivity index (χ4v) is 3.14. The van der Waals surface area contributed by atoms with E-state index in [4.69, 9.17) is 4.42 Å². The molecule has 1 saturated heterocycles. The summed E-state index contributed by atoms with van der Waals surface area (Å²) in [5, 5.41) is 20.8. The van der Waals surface area contributed by atoms with Crippen molar-refractivity contribution in [3.63, 3.8) is 0 Å². The van der Waals surface area contributed by atoms with Crippen molar-refractivity contribution in [1.29, 1.82) is 0 Å². The van der Waals surface area contributed by atoms with E-state index in [1.165, 1.54) is 6.26 Å². The standard InChI is InChI=1S/C17H18N6O3/c1-11-12(16-18-6-8-26-16)3-2-4-13(11)20-17(25)22-9-14(15(24)10-22)23-7-5-19-21-23/h2-8,14-15,24H,9-10H2,1H3,(H,20,25)/t14-,15-/m1/s1. The first-order valence-electron chi connectivity index (χ1n) is 8.23. The van der Waals surface area contributed by atoms with Gasteiger partial charge < -0.3 is 19.7 Å². The van der Waals surface area contributed by atoms with Crippen LogP contribution >= 0.6 is 0 Å². The second-order valence-electron chi connectivity index (χ2n) is 6.17. The number of nitrogens with zero attached hydrogens (tertiary/aromatic N) is 5. The van der Waals surface area contributed by atoms with E-state index in [9.17, 15) is 9.90 Å². The summed E-state index contributed by atoms with van der Waals surface area (Å²) in [7, 11) is 0. The summed E-state index contributed by atoms with van der Waals surface area (Å²) in [4.78, 5) is 18.4. The number of urea groups is 1.